The van der Waals surface area contributed by atoms with E-state index >= 15 is 0 Å². The average molecular weight is 225 g/mol. The zero-order chi connectivity index (χ0) is 11.4. The van der Waals surface area contributed by atoms with Gasteiger partial charge in [0, 0.05) is 12.7 Å². The van der Waals surface area contributed by atoms with Crippen LogP contribution < -0.4 is 15.0 Å². The highest BCUT2D eigenvalue weighted by Gasteiger charge is 2.15. The van der Waals surface area contributed by atoms with E-state index in [4.69, 9.17) is 14.3 Å². The van der Waals surface area contributed by atoms with Crippen LogP contribution in [0.1, 0.15) is 10.4 Å². The minimum atomic E-state index is -0.365. The van der Waals surface area contributed by atoms with Crippen LogP contribution in [0, 0.1) is 0 Å². The summed E-state index contributed by atoms with van der Waals surface area (Å²) in [5, 5.41) is 0. The number of fused-ring (bicyclic) bond motifs is 1. The maximum atomic E-state index is 11.5. The number of rotatable bonds is 4. The smallest absolute Gasteiger partial charge is 0.275 e. The molecule has 0 aliphatic carbocycles. The highest BCUT2D eigenvalue weighted by atomic mass is 16.8. The first-order chi connectivity index (χ1) is 7.81. The van der Waals surface area contributed by atoms with E-state index in [0.29, 0.717) is 17.1 Å². The molecule has 0 atom stereocenters. The Hall–Kier alpha value is -1.79. The van der Waals surface area contributed by atoms with Gasteiger partial charge in [-0.2, -0.15) is 0 Å². The van der Waals surface area contributed by atoms with Crippen molar-refractivity contribution in [3.8, 4) is 11.5 Å². The van der Waals surface area contributed by atoms with E-state index in [2.05, 4.69) is 10.2 Å². The third kappa shape index (κ3) is 2.23. The fourth-order valence-corrected chi connectivity index (χ4v) is 1.25. The number of ether oxygens (including phenoxy) is 3. The molecule has 1 aromatic rings. The Labute approximate surface area is 92.0 Å². The zero-order valence-corrected chi connectivity index (χ0v) is 8.69. The molecule has 0 saturated heterocycles. The van der Waals surface area contributed by atoms with Crippen LogP contribution in [-0.2, 0) is 9.57 Å². The first-order valence-corrected chi connectivity index (χ1v) is 4.62. The number of hydrogen-bond donors (Lipinski definition) is 1. The van der Waals surface area contributed by atoms with E-state index in [0.717, 1.165) is 0 Å². The second-order valence-corrected chi connectivity index (χ2v) is 3.05. The molecule has 16 heavy (non-hydrogen) atoms. The maximum absolute atomic E-state index is 11.5. The molecule has 0 bridgehead atoms. The Morgan fingerprint density at radius 3 is 3.06 bits per heavy atom. The van der Waals surface area contributed by atoms with Crippen LogP contribution in [0.4, 0.5) is 0 Å². The van der Waals surface area contributed by atoms with Crippen molar-refractivity contribution < 1.29 is 23.8 Å². The summed E-state index contributed by atoms with van der Waals surface area (Å²) < 4.78 is 14.9. The molecule has 6 nitrogen and oxygen atoms in total. The summed E-state index contributed by atoms with van der Waals surface area (Å²) in [6.45, 7) is 0.177. The Kier molecular flexibility index (Phi) is 3.23. The molecule has 1 aliphatic heterocycles. The molecule has 0 radical (unpaired) electrons. The zero-order valence-electron chi connectivity index (χ0n) is 8.69. The fourth-order valence-electron chi connectivity index (χ4n) is 1.25. The van der Waals surface area contributed by atoms with Gasteiger partial charge in [-0.15, -0.1) is 0 Å². The molecule has 0 aromatic heterocycles. The van der Waals surface area contributed by atoms with Gasteiger partial charge in [-0.25, -0.2) is 10.3 Å². The van der Waals surface area contributed by atoms with Crippen molar-refractivity contribution in [2.24, 2.45) is 0 Å². The van der Waals surface area contributed by atoms with E-state index in [-0.39, 0.29) is 19.5 Å². The van der Waals surface area contributed by atoms with Gasteiger partial charge in [0.15, 0.2) is 18.3 Å². The lowest BCUT2D eigenvalue weighted by molar-refractivity contribution is -0.0704. The van der Waals surface area contributed by atoms with Crippen LogP contribution in [0.2, 0.25) is 0 Å². The molecule has 2 rings (SSSR count). The first-order valence-electron chi connectivity index (χ1n) is 4.62. The number of carbonyl (C=O) groups is 1. The lowest BCUT2D eigenvalue weighted by Gasteiger charge is -2.05. The Balaban J connectivity index is 2.01. The SMILES string of the molecule is COCONC(=O)c1ccc2c(c1)OCO2. The quantitative estimate of drug-likeness (QED) is 0.463. The van der Waals surface area contributed by atoms with Crippen molar-refractivity contribution in [2.75, 3.05) is 20.7 Å². The molecular formula is C10H11NO5. The van der Waals surface area contributed by atoms with Crippen molar-refractivity contribution >= 4 is 5.91 Å². The molecule has 1 N–H and O–H groups in total. The molecule has 1 amide bonds. The van der Waals surface area contributed by atoms with Gasteiger partial charge in [-0.3, -0.25) is 4.79 Å². The van der Waals surface area contributed by atoms with E-state index in [1.54, 1.807) is 18.2 Å². The van der Waals surface area contributed by atoms with Gasteiger partial charge in [0.2, 0.25) is 6.79 Å². The van der Waals surface area contributed by atoms with Crippen LogP contribution in [0.25, 0.3) is 0 Å². The van der Waals surface area contributed by atoms with Gasteiger partial charge in [0.1, 0.15) is 0 Å². The molecule has 0 saturated carbocycles. The molecule has 1 heterocycles. The number of carbonyl (C=O) groups excluding carboxylic acids is 1. The number of methoxy groups -OCH3 is 1. The van der Waals surface area contributed by atoms with Crippen LogP contribution in [0.15, 0.2) is 18.2 Å². The summed E-state index contributed by atoms with van der Waals surface area (Å²) in [6.07, 6.45) is 0. The monoisotopic (exact) mass is 225 g/mol. The third-order valence-corrected chi connectivity index (χ3v) is 1.98. The van der Waals surface area contributed by atoms with Crippen LogP contribution in [-0.4, -0.2) is 26.6 Å². The fraction of sp³-hybridized carbons (Fsp3) is 0.300. The van der Waals surface area contributed by atoms with Gasteiger partial charge in [0.05, 0.1) is 0 Å². The molecule has 0 unspecified atom stereocenters. The summed E-state index contributed by atoms with van der Waals surface area (Å²) in [4.78, 5) is 16.3. The van der Waals surface area contributed by atoms with Crippen molar-refractivity contribution in [3.63, 3.8) is 0 Å². The highest BCUT2D eigenvalue weighted by Crippen LogP contribution is 2.32. The predicted molar refractivity (Wildman–Crippen MR) is 53.0 cm³/mol. The topological polar surface area (TPSA) is 66.0 Å². The van der Waals surface area contributed by atoms with Gasteiger partial charge in [-0.1, -0.05) is 0 Å². The average Bonchev–Trinajstić information content (AvgIpc) is 2.76. The van der Waals surface area contributed by atoms with E-state index < -0.39 is 0 Å². The molecular weight excluding hydrogens is 214 g/mol. The lowest BCUT2D eigenvalue weighted by atomic mass is 10.2. The van der Waals surface area contributed by atoms with Gasteiger partial charge < -0.3 is 14.2 Å². The van der Waals surface area contributed by atoms with Crippen molar-refractivity contribution in [1.29, 1.82) is 0 Å². The van der Waals surface area contributed by atoms with E-state index in [9.17, 15) is 4.79 Å². The normalized spacial score (nSPS) is 12.6. The Morgan fingerprint density at radius 1 is 1.44 bits per heavy atom. The Bertz CT molecular complexity index is 393. The molecule has 86 valence electrons. The summed E-state index contributed by atoms with van der Waals surface area (Å²) in [6, 6.07) is 4.89. The number of nitrogens with one attached hydrogen (secondary N) is 1. The van der Waals surface area contributed by atoms with Gasteiger partial charge >= 0.3 is 0 Å². The number of hydrogen-bond acceptors (Lipinski definition) is 5. The standard InChI is InChI=1S/C10H11NO5/c1-13-5-16-11-10(12)7-2-3-8-9(4-7)15-6-14-8/h2-4H,5-6H2,1H3,(H,11,12). The van der Waals surface area contributed by atoms with Gasteiger partial charge in [-0.05, 0) is 18.2 Å². The predicted octanol–water partition coefficient (Wildman–Crippen LogP) is 0.681. The number of amides is 1. The number of hydroxylamine groups is 1. The maximum Gasteiger partial charge on any atom is 0.275 e. The third-order valence-electron chi connectivity index (χ3n) is 1.98. The minimum Gasteiger partial charge on any atom is -0.454 e. The molecule has 0 fully saturated rings. The summed E-state index contributed by atoms with van der Waals surface area (Å²) >= 11 is 0. The second kappa shape index (κ2) is 4.82. The lowest BCUT2D eigenvalue weighted by Crippen LogP contribution is -2.24. The summed E-state index contributed by atoms with van der Waals surface area (Å²) in [5.74, 6) is 0.823. The summed E-state index contributed by atoms with van der Waals surface area (Å²) in [7, 11) is 1.47. The minimum absolute atomic E-state index is 0.00368. The molecule has 1 aliphatic rings. The second-order valence-electron chi connectivity index (χ2n) is 3.05. The largest absolute Gasteiger partial charge is 0.454 e. The first kappa shape index (κ1) is 10.7. The molecule has 0 spiro atoms. The molecule has 1 aromatic carbocycles. The number of benzene rings is 1. The van der Waals surface area contributed by atoms with Crippen LogP contribution >= 0.6 is 0 Å². The molecule has 6 heteroatoms. The Morgan fingerprint density at radius 2 is 2.25 bits per heavy atom. The summed E-state index contributed by atoms with van der Waals surface area (Å²) in [5.41, 5.74) is 2.66. The van der Waals surface area contributed by atoms with Crippen molar-refractivity contribution in [1.82, 2.24) is 5.48 Å². The van der Waals surface area contributed by atoms with Crippen molar-refractivity contribution in [3.05, 3.63) is 23.8 Å². The van der Waals surface area contributed by atoms with E-state index in [1.807, 2.05) is 0 Å². The van der Waals surface area contributed by atoms with Crippen molar-refractivity contribution in [2.45, 2.75) is 0 Å². The highest BCUT2D eigenvalue weighted by molar-refractivity contribution is 5.94. The van der Waals surface area contributed by atoms with Crippen LogP contribution in [0.3, 0.4) is 0 Å². The van der Waals surface area contributed by atoms with E-state index in [1.165, 1.54) is 7.11 Å². The van der Waals surface area contributed by atoms with Crippen LogP contribution in [0.5, 0.6) is 11.5 Å². The van der Waals surface area contributed by atoms with Gasteiger partial charge in [0.25, 0.3) is 5.91 Å².